The molecule has 2 heteroatoms. The summed E-state index contributed by atoms with van der Waals surface area (Å²) in [5.74, 6) is 1.91. The summed E-state index contributed by atoms with van der Waals surface area (Å²) < 4.78 is 5.34. The van der Waals surface area contributed by atoms with E-state index in [-0.39, 0.29) is 0 Å². The van der Waals surface area contributed by atoms with Crippen LogP contribution in [0.3, 0.4) is 0 Å². The van der Waals surface area contributed by atoms with Gasteiger partial charge in [-0.05, 0) is 68.2 Å². The number of hydrogen-bond acceptors (Lipinski definition) is 2. The first-order valence-electron chi connectivity index (χ1n) is 7.68. The number of ether oxygens (including phenoxy) is 1. The molecule has 0 heterocycles. The molecule has 2 aliphatic rings. The van der Waals surface area contributed by atoms with Crippen molar-refractivity contribution >= 4 is 0 Å². The highest BCUT2D eigenvalue weighted by Gasteiger charge is 2.27. The molecule has 2 aliphatic carbocycles. The van der Waals surface area contributed by atoms with Gasteiger partial charge in [-0.3, -0.25) is 0 Å². The summed E-state index contributed by atoms with van der Waals surface area (Å²) in [5, 5.41) is 3.86. The zero-order valence-electron chi connectivity index (χ0n) is 12.1. The molecule has 0 amide bonds. The van der Waals surface area contributed by atoms with Gasteiger partial charge in [0.25, 0.3) is 0 Å². The van der Waals surface area contributed by atoms with Gasteiger partial charge in [-0.2, -0.15) is 0 Å². The Morgan fingerprint density at radius 2 is 2.05 bits per heavy atom. The van der Waals surface area contributed by atoms with Gasteiger partial charge in [0, 0.05) is 12.1 Å². The van der Waals surface area contributed by atoms with Gasteiger partial charge >= 0.3 is 0 Å². The van der Waals surface area contributed by atoms with Crippen molar-refractivity contribution in [1.82, 2.24) is 5.32 Å². The Balaban J connectivity index is 1.63. The van der Waals surface area contributed by atoms with Crippen molar-refractivity contribution in [3.63, 3.8) is 0 Å². The smallest absolute Gasteiger partial charge is 0.119 e. The molecular formula is C17H25NO. The van der Waals surface area contributed by atoms with Crippen molar-refractivity contribution in [2.75, 3.05) is 7.11 Å². The van der Waals surface area contributed by atoms with Crippen LogP contribution in [0.25, 0.3) is 0 Å². The van der Waals surface area contributed by atoms with Crippen LogP contribution in [0.1, 0.15) is 43.7 Å². The maximum atomic E-state index is 5.34. The molecular weight excluding hydrogens is 234 g/mol. The fourth-order valence-electron chi connectivity index (χ4n) is 3.45. The molecule has 0 aromatic heterocycles. The molecule has 0 radical (unpaired) electrons. The number of hydrogen-bond donors (Lipinski definition) is 1. The molecule has 1 fully saturated rings. The SMILES string of the molecule is COc1ccc2c(c1)CC(NC(C)C1CCC1)CC2. The standard InChI is InChI=1S/C17H25NO/c1-12(13-4-3-5-13)18-16-8-6-14-7-9-17(19-2)11-15(14)10-16/h7,9,11-13,16,18H,3-6,8,10H2,1-2H3. The van der Waals surface area contributed by atoms with E-state index >= 15 is 0 Å². The molecule has 1 aromatic carbocycles. The predicted molar refractivity (Wildman–Crippen MR) is 78.7 cm³/mol. The summed E-state index contributed by atoms with van der Waals surface area (Å²) in [6.07, 6.45) is 7.91. The summed E-state index contributed by atoms with van der Waals surface area (Å²) in [7, 11) is 1.75. The first-order valence-corrected chi connectivity index (χ1v) is 7.68. The number of methoxy groups -OCH3 is 1. The predicted octanol–water partition coefficient (Wildman–Crippen LogP) is 3.33. The van der Waals surface area contributed by atoms with Crippen LogP contribution in [0.15, 0.2) is 18.2 Å². The number of aryl methyl sites for hydroxylation is 1. The third-order valence-corrected chi connectivity index (χ3v) is 5.00. The summed E-state index contributed by atoms with van der Waals surface area (Å²) >= 11 is 0. The minimum atomic E-state index is 0.648. The Labute approximate surface area is 116 Å². The lowest BCUT2D eigenvalue weighted by atomic mass is 9.79. The average molecular weight is 259 g/mol. The summed E-state index contributed by atoms with van der Waals surface area (Å²) in [6, 6.07) is 7.88. The maximum absolute atomic E-state index is 5.34. The molecule has 1 saturated carbocycles. The van der Waals surface area contributed by atoms with Crippen LogP contribution >= 0.6 is 0 Å². The van der Waals surface area contributed by atoms with Crippen molar-refractivity contribution in [1.29, 1.82) is 0 Å². The Hall–Kier alpha value is -1.02. The Bertz CT molecular complexity index is 439. The first kappa shape index (κ1) is 13.0. The van der Waals surface area contributed by atoms with E-state index < -0.39 is 0 Å². The van der Waals surface area contributed by atoms with Crippen molar-refractivity contribution in [2.24, 2.45) is 5.92 Å². The molecule has 0 spiro atoms. The fourth-order valence-corrected chi connectivity index (χ4v) is 3.45. The van der Waals surface area contributed by atoms with E-state index in [9.17, 15) is 0 Å². The Morgan fingerprint density at radius 1 is 1.21 bits per heavy atom. The lowest BCUT2D eigenvalue weighted by Crippen LogP contribution is -2.45. The van der Waals surface area contributed by atoms with Crippen LogP contribution in [0.4, 0.5) is 0 Å². The van der Waals surface area contributed by atoms with Gasteiger partial charge in [-0.15, -0.1) is 0 Å². The first-order chi connectivity index (χ1) is 9.26. The van der Waals surface area contributed by atoms with Crippen LogP contribution in [-0.4, -0.2) is 19.2 Å². The fraction of sp³-hybridized carbons (Fsp3) is 0.647. The van der Waals surface area contributed by atoms with Gasteiger partial charge in [-0.1, -0.05) is 12.5 Å². The van der Waals surface area contributed by atoms with Crippen molar-refractivity contribution in [3.8, 4) is 5.75 Å². The van der Waals surface area contributed by atoms with Gasteiger partial charge in [0.15, 0.2) is 0 Å². The second-order valence-electron chi connectivity index (χ2n) is 6.22. The van der Waals surface area contributed by atoms with Crippen LogP contribution in [0.5, 0.6) is 5.75 Å². The van der Waals surface area contributed by atoms with Crippen LogP contribution in [-0.2, 0) is 12.8 Å². The monoisotopic (exact) mass is 259 g/mol. The minimum absolute atomic E-state index is 0.648. The number of benzene rings is 1. The highest BCUT2D eigenvalue weighted by Crippen LogP contribution is 2.31. The number of nitrogens with one attached hydrogen (secondary N) is 1. The molecule has 19 heavy (non-hydrogen) atoms. The highest BCUT2D eigenvalue weighted by molar-refractivity contribution is 5.37. The minimum Gasteiger partial charge on any atom is -0.497 e. The van der Waals surface area contributed by atoms with E-state index in [2.05, 4.69) is 30.4 Å². The normalized spacial score (nSPS) is 24.4. The molecule has 104 valence electrons. The van der Waals surface area contributed by atoms with E-state index in [0.717, 1.165) is 18.1 Å². The largest absolute Gasteiger partial charge is 0.497 e. The van der Waals surface area contributed by atoms with Gasteiger partial charge in [0.05, 0.1) is 7.11 Å². The van der Waals surface area contributed by atoms with Gasteiger partial charge in [0.2, 0.25) is 0 Å². The zero-order valence-corrected chi connectivity index (χ0v) is 12.1. The molecule has 3 rings (SSSR count). The lowest BCUT2D eigenvalue weighted by molar-refractivity contribution is 0.221. The summed E-state index contributed by atoms with van der Waals surface area (Å²) in [6.45, 7) is 2.37. The van der Waals surface area contributed by atoms with E-state index in [1.54, 1.807) is 7.11 Å². The molecule has 1 aromatic rings. The van der Waals surface area contributed by atoms with E-state index in [4.69, 9.17) is 4.74 Å². The van der Waals surface area contributed by atoms with Gasteiger partial charge in [0.1, 0.15) is 5.75 Å². The van der Waals surface area contributed by atoms with E-state index in [1.165, 1.54) is 43.2 Å². The van der Waals surface area contributed by atoms with Crippen LogP contribution in [0, 0.1) is 5.92 Å². The second-order valence-corrected chi connectivity index (χ2v) is 6.22. The average Bonchev–Trinajstić information content (AvgIpc) is 2.35. The second kappa shape index (κ2) is 5.54. The summed E-state index contributed by atoms with van der Waals surface area (Å²) in [4.78, 5) is 0. The molecule has 0 aliphatic heterocycles. The molecule has 2 nitrogen and oxygen atoms in total. The Kier molecular flexibility index (Phi) is 3.79. The third kappa shape index (κ3) is 2.79. The highest BCUT2D eigenvalue weighted by atomic mass is 16.5. The lowest BCUT2D eigenvalue weighted by Gasteiger charge is -2.36. The Morgan fingerprint density at radius 3 is 2.74 bits per heavy atom. The van der Waals surface area contributed by atoms with Gasteiger partial charge < -0.3 is 10.1 Å². The van der Waals surface area contributed by atoms with Crippen LogP contribution in [0.2, 0.25) is 0 Å². The van der Waals surface area contributed by atoms with Crippen LogP contribution < -0.4 is 10.1 Å². The molecule has 2 unspecified atom stereocenters. The quantitative estimate of drug-likeness (QED) is 0.895. The molecule has 2 atom stereocenters. The van der Waals surface area contributed by atoms with E-state index in [0.29, 0.717) is 12.1 Å². The summed E-state index contributed by atoms with van der Waals surface area (Å²) in [5.41, 5.74) is 2.99. The number of fused-ring (bicyclic) bond motifs is 1. The topological polar surface area (TPSA) is 21.3 Å². The van der Waals surface area contributed by atoms with Crippen molar-refractivity contribution < 1.29 is 4.74 Å². The molecule has 0 bridgehead atoms. The molecule has 0 saturated heterocycles. The maximum Gasteiger partial charge on any atom is 0.119 e. The third-order valence-electron chi connectivity index (χ3n) is 5.00. The van der Waals surface area contributed by atoms with Crippen molar-refractivity contribution in [2.45, 2.75) is 57.5 Å². The zero-order chi connectivity index (χ0) is 13.2. The van der Waals surface area contributed by atoms with Gasteiger partial charge in [-0.25, -0.2) is 0 Å². The molecule has 1 N–H and O–H groups in total. The van der Waals surface area contributed by atoms with Crippen molar-refractivity contribution in [3.05, 3.63) is 29.3 Å². The number of rotatable bonds is 4. The van der Waals surface area contributed by atoms with E-state index in [1.807, 2.05) is 0 Å².